The molecule has 8 heteroatoms. The van der Waals surface area contributed by atoms with Crippen LogP contribution in [0.1, 0.15) is 11.3 Å². The molecule has 0 saturated carbocycles. The highest BCUT2D eigenvalue weighted by atomic mass is 16.1. The average molecular weight is 432 g/mol. The van der Waals surface area contributed by atoms with Crippen LogP contribution in [0.5, 0.6) is 0 Å². The zero-order chi connectivity index (χ0) is 22.5. The number of aryl methyl sites for hydroxylation is 1. The highest BCUT2D eigenvalue weighted by Crippen LogP contribution is 2.22. The Balaban J connectivity index is 1.38. The average Bonchev–Trinajstić information content (AvgIpc) is 2.79. The van der Waals surface area contributed by atoms with Crippen molar-refractivity contribution >= 4 is 17.7 Å². The van der Waals surface area contributed by atoms with Gasteiger partial charge in [0.15, 0.2) is 0 Å². The number of nitrogens with two attached hydrogens (primary N) is 1. The normalized spacial score (nSPS) is 14.1. The number of primary amides is 1. The maximum Gasteiger partial charge on any atom is 0.231 e. The fraction of sp³-hybridized carbons (Fsp3) is 0.333. The van der Waals surface area contributed by atoms with E-state index in [0.29, 0.717) is 6.54 Å². The van der Waals surface area contributed by atoms with Gasteiger partial charge in [0.25, 0.3) is 0 Å². The molecular formula is C24H29N7O. The molecule has 1 amide bonds. The number of carbonyl (C=O) groups excluding carboxylic acids is 1. The summed E-state index contributed by atoms with van der Waals surface area (Å²) >= 11 is 0. The summed E-state index contributed by atoms with van der Waals surface area (Å²) in [4.78, 5) is 31.4. The van der Waals surface area contributed by atoms with Crippen LogP contribution in [0.25, 0.3) is 11.1 Å². The smallest absolute Gasteiger partial charge is 0.231 e. The van der Waals surface area contributed by atoms with E-state index in [9.17, 15) is 4.79 Å². The van der Waals surface area contributed by atoms with Crippen molar-refractivity contribution in [2.24, 2.45) is 5.73 Å². The highest BCUT2D eigenvalue weighted by Gasteiger charge is 2.20. The number of carbonyl (C=O) groups is 1. The van der Waals surface area contributed by atoms with Crippen molar-refractivity contribution in [1.82, 2.24) is 19.9 Å². The van der Waals surface area contributed by atoms with Crippen LogP contribution in [0.3, 0.4) is 0 Å². The second kappa shape index (κ2) is 9.74. The van der Waals surface area contributed by atoms with E-state index in [2.05, 4.69) is 43.0 Å². The minimum Gasteiger partial charge on any atom is -0.369 e. The van der Waals surface area contributed by atoms with Crippen molar-refractivity contribution in [1.29, 1.82) is 0 Å². The number of aromatic nitrogens is 3. The molecule has 1 saturated heterocycles. The van der Waals surface area contributed by atoms with E-state index in [1.54, 1.807) is 0 Å². The Morgan fingerprint density at radius 3 is 2.38 bits per heavy atom. The molecule has 1 fully saturated rings. The molecule has 8 nitrogen and oxygen atoms in total. The van der Waals surface area contributed by atoms with Crippen LogP contribution >= 0.6 is 0 Å². The number of anilines is 2. The largest absolute Gasteiger partial charge is 0.369 e. The summed E-state index contributed by atoms with van der Waals surface area (Å²) in [5.41, 5.74) is 9.44. The van der Waals surface area contributed by atoms with Gasteiger partial charge in [0, 0.05) is 56.4 Å². The Hall–Kier alpha value is -3.52. The van der Waals surface area contributed by atoms with Crippen LogP contribution in [0.2, 0.25) is 0 Å². The van der Waals surface area contributed by atoms with Gasteiger partial charge in [-0.05, 0) is 43.3 Å². The summed E-state index contributed by atoms with van der Waals surface area (Å²) in [6.45, 7) is 6.40. The van der Waals surface area contributed by atoms with Crippen LogP contribution in [0.4, 0.5) is 11.8 Å². The van der Waals surface area contributed by atoms with Crippen LogP contribution in [0.15, 0.2) is 54.9 Å². The molecule has 4 rings (SSSR count). The molecule has 0 unspecified atom stereocenters. The van der Waals surface area contributed by atoms with Gasteiger partial charge in [0.2, 0.25) is 11.9 Å². The van der Waals surface area contributed by atoms with E-state index in [1.165, 1.54) is 0 Å². The predicted octanol–water partition coefficient (Wildman–Crippen LogP) is 2.09. The van der Waals surface area contributed by atoms with Crippen molar-refractivity contribution in [3.05, 3.63) is 66.1 Å². The first-order valence-electron chi connectivity index (χ1n) is 10.8. The third kappa shape index (κ3) is 5.39. The second-order valence-electron chi connectivity index (χ2n) is 8.22. The lowest BCUT2D eigenvalue weighted by molar-refractivity contribution is -0.118. The van der Waals surface area contributed by atoms with Gasteiger partial charge in [-0.15, -0.1) is 0 Å². The van der Waals surface area contributed by atoms with Crippen LogP contribution in [0, 0.1) is 6.92 Å². The third-order valence-corrected chi connectivity index (χ3v) is 5.54. The van der Waals surface area contributed by atoms with Crippen LogP contribution in [-0.2, 0) is 11.3 Å². The standard InChI is InChI=1S/C24H29N7O/c1-18-5-3-8-23(28-18)30-9-11-31(12-10-30)24-26-14-21(15-27-24)20-7-4-6-19(13-20)16-29(2)17-22(25)32/h3-8,13-15H,9-12,16-17H2,1-2H3,(H2,25,32). The molecule has 32 heavy (non-hydrogen) atoms. The van der Waals surface area contributed by atoms with Gasteiger partial charge in [-0.3, -0.25) is 9.69 Å². The Bertz CT molecular complexity index is 1060. The first-order chi connectivity index (χ1) is 15.5. The fourth-order valence-corrected chi connectivity index (χ4v) is 3.96. The Kier molecular flexibility index (Phi) is 6.61. The number of nitrogens with zero attached hydrogens (tertiary/aromatic N) is 6. The minimum atomic E-state index is -0.330. The van der Waals surface area contributed by atoms with Gasteiger partial charge < -0.3 is 15.5 Å². The van der Waals surface area contributed by atoms with Crippen molar-refractivity contribution < 1.29 is 4.79 Å². The summed E-state index contributed by atoms with van der Waals surface area (Å²) in [5.74, 6) is 1.45. The Morgan fingerprint density at radius 1 is 1.00 bits per heavy atom. The molecule has 166 valence electrons. The first kappa shape index (κ1) is 21.7. The lowest BCUT2D eigenvalue weighted by Crippen LogP contribution is -2.47. The number of hydrogen-bond donors (Lipinski definition) is 1. The molecule has 1 aliphatic heterocycles. The van der Waals surface area contributed by atoms with Crippen LogP contribution in [-0.4, -0.2) is 65.5 Å². The van der Waals surface area contributed by atoms with Gasteiger partial charge in [0.05, 0.1) is 6.54 Å². The Labute approximate surface area is 188 Å². The summed E-state index contributed by atoms with van der Waals surface area (Å²) in [6.07, 6.45) is 3.76. The quantitative estimate of drug-likeness (QED) is 0.612. The van der Waals surface area contributed by atoms with Crippen molar-refractivity contribution in [2.45, 2.75) is 13.5 Å². The van der Waals surface area contributed by atoms with Gasteiger partial charge in [0.1, 0.15) is 5.82 Å². The third-order valence-electron chi connectivity index (χ3n) is 5.54. The van der Waals surface area contributed by atoms with Gasteiger partial charge in [-0.2, -0.15) is 0 Å². The number of likely N-dealkylation sites (N-methyl/N-ethyl adjacent to an activating group) is 1. The van der Waals surface area contributed by atoms with Gasteiger partial charge >= 0.3 is 0 Å². The van der Waals surface area contributed by atoms with E-state index >= 15 is 0 Å². The summed E-state index contributed by atoms with van der Waals surface area (Å²) in [6, 6.07) is 14.3. The SMILES string of the molecule is Cc1cccc(N2CCN(c3ncc(-c4cccc(CN(C)CC(N)=O)c4)cn3)CC2)n1. The molecule has 2 aromatic heterocycles. The number of benzene rings is 1. The van der Waals surface area contributed by atoms with E-state index in [0.717, 1.165) is 60.3 Å². The number of rotatable bonds is 7. The van der Waals surface area contributed by atoms with Gasteiger partial charge in [-0.1, -0.05) is 24.3 Å². The number of piperazine rings is 1. The molecule has 1 aliphatic rings. The molecule has 0 bridgehead atoms. The number of amides is 1. The topological polar surface area (TPSA) is 91.5 Å². The van der Waals surface area contributed by atoms with E-state index in [1.807, 2.05) is 55.5 Å². The van der Waals surface area contributed by atoms with E-state index in [-0.39, 0.29) is 12.5 Å². The lowest BCUT2D eigenvalue weighted by atomic mass is 10.1. The first-order valence-corrected chi connectivity index (χ1v) is 10.8. The fourth-order valence-electron chi connectivity index (χ4n) is 3.96. The molecule has 0 aliphatic carbocycles. The zero-order valence-corrected chi connectivity index (χ0v) is 18.6. The molecule has 0 spiro atoms. The van der Waals surface area contributed by atoms with Crippen LogP contribution < -0.4 is 15.5 Å². The van der Waals surface area contributed by atoms with E-state index < -0.39 is 0 Å². The molecule has 3 aromatic rings. The number of hydrogen-bond acceptors (Lipinski definition) is 7. The molecule has 0 atom stereocenters. The zero-order valence-electron chi connectivity index (χ0n) is 18.6. The van der Waals surface area contributed by atoms with Crippen molar-refractivity contribution in [2.75, 3.05) is 49.6 Å². The predicted molar refractivity (Wildman–Crippen MR) is 126 cm³/mol. The monoisotopic (exact) mass is 431 g/mol. The van der Waals surface area contributed by atoms with Crippen molar-refractivity contribution in [3.63, 3.8) is 0 Å². The second-order valence-corrected chi connectivity index (χ2v) is 8.22. The summed E-state index contributed by atoms with van der Waals surface area (Å²) < 4.78 is 0. The highest BCUT2D eigenvalue weighted by molar-refractivity contribution is 5.75. The Morgan fingerprint density at radius 2 is 1.69 bits per heavy atom. The molecular weight excluding hydrogens is 402 g/mol. The summed E-state index contributed by atoms with van der Waals surface area (Å²) in [5, 5.41) is 0. The minimum absolute atomic E-state index is 0.231. The molecule has 3 heterocycles. The molecule has 1 aromatic carbocycles. The molecule has 2 N–H and O–H groups in total. The van der Waals surface area contributed by atoms with E-state index in [4.69, 9.17) is 5.73 Å². The maximum absolute atomic E-state index is 11.1. The molecule has 0 radical (unpaired) electrons. The maximum atomic E-state index is 11.1. The van der Waals surface area contributed by atoms with Crippen molar-refractivity contribution in [3.8, 4) is 11.1 Å². The lowest BCUT2D eigenvalue weighted by Gasteiger charge is -2.35. The van der Waals surface area contributed by atoms with Gasteiger partial charge in [-0.25, -0.2) is 15.0 Å². The summed E-state index contributed by atoms with van der Waals surface area (Å²) in [7, 11) is 1.88. The number of pyridine rings is 1.